The highest BCUT2D eigenvalue weighted by molar-refractivity contribution is 6.08. The zero-order valence-electron chi connectivity index (χ0n) is 19.9. The third-order valence-corrected chi connectivity index (χ3v) is 6.58. The fraction of sp³-hybridized carbons (Fsp3) is 0. The fourth-order valence-corrected chi connectivity index (χ4v) is 4.83. The SMILES string of the molecule is c1ccc(-c2nc(-c3ccc(-n4c5ccccc5c5ccncc54)cc3)cc(-c3ccccn3)n2)cc1. The predicted molar refractivity (Wildman–Crippen MR) is 148 cm³/mol. The average molecular weight is 476 g/mol. The van der Waals surface area contributed by atoms with Crippen LogP contribution in [0.25, 0.3) is 61.5 Å². The molecule has 0 aliphatic heterocycles. The van der Waals surface area contributed by atoms with Crippen molar-refractivity contribution in [2.24, 2.45) is 0 Å². The third kappa shape index (κ3) is 3.74. The van der Waals surface area contributed by atoms with Crippen LogP contribution in [-0.4, -0.2) is 24.5 Å². The maximum Gasteiger partial charge on any atom is 0.160 e. The third-order valence-electron chi connectivity index (χ3n) is 6.58. The Bertz CT molecular complexity index is 1750. The van der Waals surface area contributed by atoms with Crippen LogP contribution in [0.15, 0.2) is 128 Å². The van der Waals surface area contributed by atoms with Crippen molar-refractivity contribution in [3.05, 3.63) is 128 Å². The van der Waals surface area contributed by atoms with Gasteiger partial charge in [0, 0.05) is 40.0 Å². The van der Waals surface area contributed by atoms with Crippen molar-refractivity contribution in [2.75, 3.05) is 0 Å². The van der Waals surface area contributed by atoms with Gasteiger partial charge in [0.05, 0.1) is 34.3 Å². The minimum absolute atomic E-state index is 0.677. The van der Waals surface area contributed by atoms with Crippen molar-refractivity contribution in [3.8, 4) is 39.7 Å². The Hall–Kier alpha value is -5.16. The molecule has 0 N–H and O–H groups in total. The van der Waals surface area contributed by atoms with Gasteiger partial charge in [-0.25, -0.2) is 9.97 Å². The van der Waals surface area contributed by atoms with E-state index in [1.807, 2.05) is 67.0 Å². The molecule has 7 rings (SSSR count). The summed E-state index contributed by atoms with van der Waals surface area (Å²) in [7, 11) is 0. The van der Waals surface area contributed by atoms with Gasteiger partial charge in [0.15, 0.2) is 5.82 Å². The van der Waals surface area contributed by atoms with Crippen LogP contribution in [0.5, 0.6) is 0 Å². The number of benzene rings is 3. The second-order valence-electron chi connectivity index (χ2n) is 8.84. The Kier molecular flexibility index (Phi) is 5.03. The molecule has 0 spiro atoms. The Morgan fingerprint density at radius 2 is 1.27 bits per heavy atom. The Morgan fingerprint density at radius 3 is 2.11 bits per heavy atom. The molecule has 5 heteroatoms. The molecule has 4 heterocycles. The molecule has 7 aromatic rings. The van der Waals surface area contributed by atoms with E-state index in [-0.39, 0.29) is 0 Å². The number of aromatic nitrogens is 5. The summed E-state index contributed by atoms with van der Waals surface area (Å²) in [5.41, 5.74) is 7.76. The fourth-order valence-electron chi connectivity index (χ4n) is 4.83. The van der Waals surface area contributed by atoms with Crippen LogP contribution in [0.2, 0.25) is 0 Å². The maximum atomic E-state index is 4.94. The monoisotopic (exact) mass is 475 g/mol. The van der Waals surface area contributed by atoms with Crippen molar-refractivity contribution >= 4 is 21.8 Å². The molecule has 37 heavy (non-hydrogen) atoms. The molecule has 174 valence electrons. The largest absolute Gasteiger partial charge is 0.308 e. The Balaban J connectivity index is 1.37. The van der Waals surface area contributed by atoms with Crippen molar-refractivity contribution < 1.29 is 0 Å². The summed E-state index contributed by atoms with van der Waals surface area (Å²) in [6.07, 6.45) is 5.56. The molecule has 5 nitrogen and oxygen atoms in total. The number of para-hydroxylation sites is 1. The van der Waals surface area contributed by atoms with E-state index in [2.05, 4.69) is 69.1 Å². The standard InChI is InChI=1S/C32H21N5/c1-2-8-23(9-3-1)32-35-28(20-29(36-32)27-11-6-7-18-34-27)22-13-15-24(16-14-22)37-30-12-5-4-10-25(30)26-17-19-33-21-31(26)37/h1-21H. The van der Waals surface area contributed by atoms with Gasteiger partial charge in [-0.1, -0.05) is 66.7 Å². The first-order chi connectivity index (χ1) is 18.3. The van der Waals surface area contributed by atoms with Crippen LogP contribution >= 0.6 is 0 Å². The van der Waals surface area contributed by atoms with E-state index in [1.165, 1.54) is 10.8 Å². The molecule has 3 aromatic carbocycles. The quantitative estimate of drug-likeness (QED) is 0.267. The van der Waals surface area contributed by atoms with E-state index >= 15 is 0 Å². The molecule has 0 unspecified atom stereocenters. The maximum absolute atomic E-state index is 4.94. The number of fused-ring (bicyclic) bond motifs is 3. The molecule has 0 amide bonds. The van der Waals surface area contributed by atoms with Gasteiger partial charge in [0.25, 0.3) is 0 Å². The van der Waals surface area contributed by atoms with Crippen molar-refractivity contribution in [3.63, 3.8) is 0 Å². The highest BCUT2D eigenvalue weighted by atomic mass is 15.0. The molecule has 0 aliphatic carbocycles. The molecule has 0 aliphatic rings. The highest BCUT2D eigenvalue weighted by Gasteiger charge is 2.14. The molecular formula is C32H21N5. The first kappa shape index (κ1) is 21.1. The Labute approximate surface area is 213 Å². The second-order valence-corrected chi connectivity index (χ2v) is 8.84. The lowest BCUT2D eigenvalue weighted by Crippen LogP contribution is -1.97. The van der Waals surface area contributed by atoms with Gasteiger partial charge >= 0.3 is 0 Å². The van der Waals surface area contributed by atoms with Crippen LogP contribution in [0.1, 0.15) is 0 Å². The lowest BCUT2D eigenvalue weighted by molar-refractivity contribution is 1.15. The number of pyridine rings is 2. The molecule has 0 atom stereocenters. The smallest absolute Gasteiger partial charge is 0.160 e. The number of nitrogens with zero attached hydrogens (tertiary/aromatic N) is 5. The summed E-state index contributed by atoms with van der Waals surface area (Å²) >= 11 is 0. The molecule has 0 saturated carbocycles. The van der Waals surface area contributed by atoms with Gasteiger partial charge in [-0.3, -0.25) is 9.97 Å². The Morgan fingerprint density at radius 1 is 0.514 bits per heavy atom. The minimum atomic E-state index is 0.677. The minimum Gasteiger partial charge on any atom is -0.308 e. The van der Waals surface area contributed by atoms with Crippen molar-refractivity contribution in [1.29, 1.82) is 0 Å². The van der Waals surface area contributed by atoms with E-state index in [0.29, 0.717) is 5.82 Å². The first-order valence-electron chi connectivity index (χ1n) is 12.1. The van der Waals surface area contributed by atoms with Gasteiger partial charge in [0.1, 0.15) is 0 Å². The van der Waals surface area contributed by atoms with Crippen molar-refractivity contribution in [2.45, 2.75) is 0 Å². The second kappa shape index (κ2) is 8.81. The van der Waals surface area contributed by atoms with Crippen LogP contribution in [0.3, 0.4) is 0 Å². The molecule has 0 bridgehead atoms. The summed E-state index contributed by atoms with van der Waals surface area (Å²) in [5.74, 6) is 0.677. The van der Waals surface area contributed by atoms with E-state index in [1.54, 1.807) is 6.20 Å². The number of hydrogen-bond donors (Lipinski definition) is 0. The van der Waals surface area contributed by atoms with Crippen LogP contribution in [0.4, 0.5) is 0 Å². The average Bonchev–Trinajstić information content (AvgIpc) is 3.32. The molecule has 0 radical (unpaired) electrons. The predicted octanol–water partition coefficient (Wildman–Crippen LogP) is 7.36. The molecular weight excluding hydrogens is 454 g/mol. The zero-order valence-corrected chi connectivity index (χ0v) is 19.9. The first-order valence-corrected chi connectivity index (χ1v) is 12.1. The van der Waals surface area contributed by atoms with Crippen molar-refractivity contribution in [1.82, 2.24) is 24.5 Å². The summed E-state index contributed by atoms with van der Waals surface area (Å²) < 4.78 is 2.26. The summed E-state index contributed by atoms with van der Waals surface area (Å²) in [4.78, 5) is 18.7. The van der Waals surface area contributed by atoms with Gasteiger partial charge in [-0.2, -0.15) is 0 Å². The number of hydrogen-bond acceptors (Lipinski definition) is 4. The highest BCUT2D eigenvalue weighted by Crippen LogP contribution is 2.32. The van der Waals surface area contributed by atoms with E-state index < -0.39 is 0 Å². The van der Waals surface area contributed by atoms with Gasteiger partial charge in [-0.15, -0.1) is 0 Å². The zero-order chi connectivity index (χ0) is 24.6. The lowest BCUT2D eigenvalue weighted by Gasteiger charge is -2.11. The lowest BCUT2D eigenvalue weighted by atomic mass is 10.1. The van der Waals surface area contributed by atoms with Gasteiger partial charge in [-0.05, 0) is 42.5 Å². The van der Waals surface area contributed by atoms with E-state index in [9.17, 15) is 0 Å². The van der Waals surface area contributed by atoms with Crippen LogP contribution in [0, 0.1) is 0 Å². The molecule has 0 fully saturated rings. The van der Waals surface area contributed by atoms with Gasteiger partial charge in [0.2, 0.25) is 0 Å². The number of rotatable bonds is 4. The summed E-state index contributed by atoms with van der Waals surface area (Å²) in [6.45, 7) is 0. The molecule has 0 saturated heterocycles. The summed E-state index contributed by atoms with van der Waals surface area (Å²) in [6, 6.07) is 37.0. The van der Waals surface area contributed by atoms with Crippen LogP contribution in [-0.2, 0) is 0 Å². The van der Waals surface area contributed by atoms with E-state index in [4.69, 9.17) is 9.97 Å². The van der Waals surface area contributed by atoms with Gasteiger partial charge < -0.3 is 4.57 Å². The van der Waals surface area contributed by atoms with E-state index in [0.717, 1.165) is 44.9 Å². The van der Waals surface area contributed by atoms with Crippen LogP contribution < -0.4 is 0 Å². The molecule has 4 aromatic heterocycles. The topological polar surface area (TPSA) is 56.5 Å². The normalized spacial score (nSPS) is 11.2. The summed E-state index contributed by atoms with van der Waals surface area (Å²) in [5, 5.41) is 2.41.